The number of rotatable bonds is 3. The molecule has 4 aromatic rings. The summed E-state index contributed by atoms with van der Waals surface area (Å²) in [5.41, 5.74) is 4.07. The topological polar surface area (TPSA) is 42.2 Å². The molecule has 0 aliphatic carbocycles. The van der Waals surface area contributed by atoms with Gasteiger partial charge >= 0.3 is 0 Å². The Morgan fingerprint density at radius 3 is 2.40 bits per heavy atom. The van der Waals surface area contributed by atoms with E-state index in [4.69, 9.17) is 4.42 Å². The Kier molecular flexibility index (Phi) is 4.12. The van der Waals surface area contributed by atoms with Gasteiger partial charge in [-0.25, -0.2) is 0 Å². The predicted octanol–water partition coefficient (Wildman–Crippen LogP) is 6.11. The van der Waals surface area contributed by atoms with E-state index in [0.29, 0.717) is 5.56 Å². The standard InChI is InChI=1S/C21H14BrNO2/c22-15-11-9-14(10-12-15)21(24)23-19-7-3-1-5-16(19)18-13-25-20-8-4-2-6-17(18)20/h1-13H,(H,23,24). The number of carbonyl (C=O) groups is 1. The van der Waals surface area contributed by atoms with E-state index in [1.54, 1.807) is 18.4 Å². The summed E-state index contributed by atoms with van der Waals surface area (Å²) in [6, 6.07) is 22.9. The van der Waals surface area contributed by atoms with Gasteiger partial charge in [0.05, 0.1) is 6.26 Å². The molecular weight excluding hydrogens is 378 g/mol. The van der Waals surface area contributed by atoms with Crippen LogP contribution in [-0.2, 0) is 0 Å². The largest absolute Gasteiger partial charge is 0.464 e. The maximum absolute atomic E-state index is 12.6. The molecule has 1 heterocycles. The van der Waals surface area contributed by atoms with E-state index in [2.05, 4.69) is 21.2 Å². The molecule has 0 aliphatic rings. The fourth-order valence-corrected chi connectivity index (χ4v) is 3.07. The first-order chi connectivity index (χ1) is 12.2. The Morgan fingerprint density at radius 2 is 1.56 bits per heavy atom. The molecule has 0 unspecified atom stereocenters. The van der Waals surface area contributed by atoms with Crippen molar-refractivity contribution in [1.29, 1.82) is 0 Å². The van der Waals surface area contributed by atoms with Gasteiger partial charge in [-0.3, -0.25) is 4.79 Å². The first-order valence-corrected chi connectivity index (χ1v) is 8.64. The van der Waals surface area contributed by atoms with Gasteiger partial charge in [0.1, 0.15) is 5.58 Å². The van der Waals surface area contributed by atoms with Crippen LogP contribution in [0.25, 0.3) is 22.1 Å². The minimum Gasteiger partial charge on any atom is -0.464 e. The van der Waals surface area contributed by atoms with E-state index >= 15 is 0 Å². The van der Waals surface area contributed by atoms with Crippen LogP contribution in [0.15, 0.2) is 87.9 Å². The Labute approximate surface area is 153 Å². The summed E-state index contributed by atoms with van der Waals surface area (Å²) in [5.74, 6) is -0.146. The lowest BCUT2D eigenvalue weighted by Gasteiger charge is -2.10. The highest BCUT2D eigenvalue weighted by atomic mass is 79.9. The minimum atomic E-state index is -0.146. The van der Waals surface area contributed by atoms with E-state index < -0.39 is 0 Å². The van der Waals surface area contributed by atoms with E-state index in [1.165, 1.54) is 0 Å². The van der Waals surface area contributed by atoms with E-state index in [0.717, 1.165) is 32.3 Å². The van der Waals surface area contributed by atoms with Gasteiger partial charge in [0.15, 0.2) is 0 Å². The molecule has 122 valence electrons. The SMILES string of the molecule is O=C(Nc1ccccc1-c1coc2ccccc12)c1ccc(Br)cc1. The average molecular weight is 392 g/mol. The number of anilines is 1. The van der Waals surface area contributed by atoms with Gasteiger partial charge in [0.25, 0.3) is 5.91 Å². The van der Waals surface area contributed by atoms with Crippen molar-refractivity contribution in [2.75, 3.05) is 5.32 Å². The van der Waals surface area contributed by atoms with Gasteiger partial charge in [0, 0.05) is 32.2 Å². The number of halogens is 1. The molecule has 0 fully saturated rings. The van der Waals surface area contributed by atoms with Crippen LogP contribution < -0.4 is 5.32 Å². The molecule has 1 aromatic heterocycles. The molecule has 25 heavy (non-hydrogen) atoms. The monoisotopic (exact) mass is 391 g/mol. The lowest BCUT2D eigenvalue weighted by atomic mass is 10.0. The number of benzene rings is 3. The molecule has 4 heteroatoms. The van der Waals surface area contributed by atoms with E-state index in [1.807, 2.05) is 60.7 Å². The van der Waals surface area contributed by atoms with Gasteiger partial charge in [-0.15, -0.1) is 0 Å². The van der Waals surface area contributed by atoms with Crippen LogP contribution in [-0.4, -0.2) is 5.91 Å². The Bertz CT molecular complexity index is 1050. The number of hydrogen-bond acceptors (Lipinski definition) is 2. The van der Waals surface area contributed by atoms with E-state index in [-0.39, 0.29) is 5.91 Å². The molecule has 4 rings (SSSR count). The molecule has 0 saturated heterocycles. The van der Waals surface area contributed by atoms with Crippen LogP contribution in [0.2, 0.25) is 0 Å². The highest BCUT2D eigenvalue weighted by Crippen LogP contribution is 2.35. The predicted molar refractivity (Wildman–Crippen MR) is 104 cm³/mol. The fraction of sp³-hybridized carbons (Fsp3) is 0. The van der Waals surface area contributed by atoms with Crippen LogP contribution >= 0.6 is 15.9 Å². The molecule has 3 aromatic carbocycles. The van der Waals surface area contributed by atoms with Gasteiger partial charge in [-0.1, -0.05) is 52.3 Å². The van der Waals surface area contributed by atoms with Gasteiger partial charge in [0.2, 0.25) is 0 Å². The van der Waals surface area contributed by atoms with Crippen molar-refractivity contribution in [2.45, 2.75) is 0 Å². The number of para-hydroxylation sites is 2. The maximum Gasteiger partial charge on any atom is 0.255 e. The molecule has 0 atom stereocenters. The van der Waals surface area contributed by atoms with Crippen LogP contribution in [0.4, 0.5) is 5.69 Å². The number of fused-ring (bicyclic) bond motifs is 1. The number of amides is 1. The summed E-state index contributed by atoms with van der Waals surface area (Å²) in [6.07, 6.45) is 1.73. The molecule has 0 bridgehead atoms. The quantitative estimate of drug-likeness (QED) is 0.457. The summed E-state index contributed by atoms with van der Waals surface area (Å²) < 4.78 is 6.58. The lowest BCUT2D eigenvalue weighted by molar-refractivity contribution is 0.102. The highest BCUT2D eigenvalue weighted by Gasteiger charge is 2.13. The molecular formula is C21H14BrNO2. The second-order valence-electron chi connectivity index (χ2n) is 5.65. The van der Waals surface area contributed by atoms with Crippen molar-refractivity contribution < 1.29 is 9.21 Å². The van der Waals surface area contributed by atoms with Gasteiger partial charge in [-0.2, -0.15) is 0 Å². The van der Waals surface area contributed by atoms with Crippen molar-refractivity contribution in [3.8, 4) is 11.1 Å². The molecule has 1 N–H and O–H groups in total. The molecule has 0 spiro atoms. The second-order valence-corrected chi connectivity index (χ2v) is 6.57. The molecule has 0 aliphatic heterocycles. The Hall–Kier alpha value is -2.85. The van der Waals surface area contributed by atoms with Crippen molar-refractivity contribution in [3.63, 3.8) is 0 Å². The summed E-state index contributed by atoms with van der Waals surface area (Å²) in [4.78, 5) is 12.6. The number of nitrogens with one attached hydrogen (secondary N) is 1. The zero-order chi connectivity index (χ0) is 17.2. The number of hydrogen-bond donors (Lipinski definition) is 1. The Balaban J connectivity index is 1.72. The molecule has 0 radical (unpaired) electrons. The number of carbonyl (C=O) groups excluding carboxylic acids is 1. The van der Waals surface area contributed by atoms with Crippen LogP contribution in [0.5, 0.6) is 0 Å². The molecule has 0 saturated carbocycles. The molecule has 3 nitrogen and oxygen atoms in total. The van der Waals surface area contributed by atoms with Crippen LogP contribution in [0.3, 0.4) is 0 Å². The third-order valence-electron chi connectivity index (χ3n) is 4.05. The number of furan rings is 1. The normalized spacial score (nSPS) is 10.8. The Morgan fingerprint density at radius 1 is 0.840 bits per heavy atom. The fourth-order valence-electron chi connectivity index (χ4n) is 2.81. The van der Waals surface area contributed by atoms with E-state index in [9.17, 15) is 4.79 Å². The average Bonchev–Trinajstić information content (AvgIpc) is 3.07. The smallest absolute Gasteiger partial charge is 0.255 e. The van der Waals surface area contributed by atoms with Crippen LogP contribution in [0.1, 0.15) is 10.4 Å². The zero-order valence-corrected chi connectivity index (χ0v) is 14.8. The third kappa shape index (κ3) is 3.08. The lowest BCUT2D eigenvalue weighted by Crippen LogP contribution is -2.12. The summed E-state index contributed by atoms with van der Waals surface area (Å²) in [7, 11) is 0. The minimum absolute atomic E-state index is 0.146. The zero-order valence-electron chi connectivity index (χ0n) is 13.2. The first kappa shape index (κ1) is 15.7. The molecule has 1 amide bonds. The second kappa shape index (κ2) is 6.57. The van der Waals surface area contributed by atoms with Crippen LogP contribution in [0, 0.1) is 0 Å². The van der Waals surface area contributed by atoms with Gasteiger partial charge in [-0.05, 0) is 36.4 Å². The summed E-state index contributed by atoms with van der Waals surface area (Å²) in [5, 5.41) is 4.02. The summed E-state index contributed by atoms with van der Waals surface area (Å²) in [6.45, 7) is 0. The van der Waals surface area contributed by atoms with Crippen molar-refractivity contribution in [1.82, 2.24) is 0 Å². The first-order valence-electron chi connectivity index (χ1n) is 7.85. The van der Waals surface area contributed by atoms with Crippen molar-refractivity contribution in [3.05, 3.63) is 89.1 Å². The highest BCUT2D eigenvalue weighted by molar-refractivity contribution is 9.10. The van der Waals surface area contributed by atoms with Gasteiger partial charge < -0.3 is 9.73 Å². The van der Waals surface area contributed by atoms with Crippen molar-refractivity contribution >= 4 is 38.5 Å². The maximum atomic E-state index is 12.6. The summed E-state index contributed by atoms with van der Waals surface area (Å²) >= 11 is 3.38. The third-order valence-corrected chi connectivity index (χ3v) is 4.58. The van der Waals surface area contributed by atoms with Crippen molar-refractivity contribution in [2.24, 2.45) is 0 Å².